The number of rotatable bonds is 8. The molecule has 0 spiro atoms. The summed E-state index contributed by atoms with van der Waals surface area (Å²) in [6.45, 7) is 2.93. The first-order valence-electron chi connectivity index (χ1n) is 6.33. The van der Waals surface area contributed by atoms with Crippen molar-refractivity contribution in [1.82, 2.24) is 5.32 Å². The number of esters is 1. The fraction of sp³-hybridized carbons (Fsp3) is 0.429. The topological polar surface area (TPSA) is 73.9 Å². The lowest BCUT2D eigenvalue weighted by atomic mass is 10.2. The summed E-state index contributed by atoms with van der Waals surface area (Å²) in [7, 11) is 1.54. The van der Waals surface area contributed by atoms with Crippen molar-refractivity contribution >= 4 is 11.9 Å². The molecule has 0 aliphatic carbocycles. The lowest BCUT2D eigenvalue weighted by molar-refractivity contribution is -0.124. The molecule has 0 unspecified atom stereocenters. The number of carbonyl (C=O) groups excluding carboxylic acids is 2. The molecule has 1 aromatic carbocycles. The van der Waals surface area contributed by atoms with Crippen LogP contribution in [-0.4, -0.2) is 45.4 Å². The van der Waals surface area contributed by atoms with E-state index < -0.39 is 5.97 Å². The third-order valence-corrected chi connectivity index (χ3v) is 2.36. The highest BCUT2D eigenvalue weighted by molar-refractivity contribution is 5.91. The molecule has 6 nitrogen and oxygen atoms in total. The Morgan fingerprint density at radius 3 is 2.50 bits per heavy atom. The second-order valence-electron chi connectivity index (χ2n) is 3.88. The van der Waals surface area contributed by atoms with Crippen LogP contribution < -0.4 is 10.1 Å². The van der Waals surface area contributed by atoms with E-state index in [4.69, 9.17) is 14.2 Å². The van der Waals surface area contributed by atoms with E-state index in [1.165, 1.54) is 7.11 Å². The van der Waals surface area contributed by atoms with Crippen LogP contribution in [-0.2, 0) is 14.3 Å². The van der Waals surface area contributed by atoms with Crippen LogP contribution in [0, 0.1) is 0 Å². The van der Waals surface area contributed by atoms with Crippen LogP contribution in [0.1, 0.15) is 17.3 Å². The minimum Gasteiger partial charge on any atom is -0.494 e. The van der Waals surface area contributed by atoms with Gasteiger partial charge in [0.1, 0.15) is 5.75 Å². The number of nitrogens with one attached hydrogen (secondary N) is 1. The Hall–Kier alpha value is -2.08. The maximum atomic E-state index is 11.7. The van der Waals surface area contributed by atoms with Crippen LogP contribution >= 0.6 is 0 Å². The zero-order valence-electron chi connectivity index (χ0n) is 11.7. The van der Waals surface area contributed by atoms with Gasteiger partial charge in [0.25, 0.3) is 5.91 Å². The monoisotopic (exact) mass is 281 g/mol. The van der Waals surface area contributed by atoms with Gasteiger partial charge in [-0.15, -0.1) is 0 Å². The van der Waals surface area contributed by atoms with Crippen molar-refractivity contribution in [2.75, 3.05) is 33.5 Å². The van der Waals surface area contributed by atoms with E-state index in [9.17, 15) is 9.59 Å². The van der Waals surface area contributed by atoms with Crippen LogP contribution in [0.3, 0.4) is 0 Å². The molecule has 0 saturated carbocycles. The molecule has 0 saturated heterocycles. The molecule has 0 atom stereocenters. The van der Waals surface area contributed by atoms with E-state index in [2.05, 4.69) is 5.32 Å². The molecule has 0 aliphatic heterocycles. The van der Waals surface area contributed by atoms with Crippen LogP contribution in [0.25, 0.3) is 0 Å². The third kappa shape index (κ3) is 5.71. The third-order valence-electron chi connectivity index (χ3n) is 2.36. The largest absolute Gasteiger partial charge is 0.494 e. The molecule has 20 heavy (non-hydrogen) atoms. The van der Waals surface area contributed by atoms with Crippen molar-refractivity contribution in [3.8, 4) is 5.75 Å². The molecule has 0 fully saturated rings. The normalized spacial score (nSPS) is 9.90. The number of hydrogen-bond acceptors (Lipinski definition) is 5. The molecule has 0 heterocycles. The number of carbonyl (C=O) groups is 2. The summed E-state index contributed by atoms with van der Waals surface area (Å²) in [5.41, 5.74) is 0.373. The van der Waals surface area contributed by atoms with E-state index in [1.54, 1.807) is 24.3 Å². The summed E-state index contributed by atoms with van der Waals surface area (Å²) in [6, 6.07) is 6.55. The first-order chi connectivity index (χ1) is 9.67. The maximum Gasteiger partial charge on any atom is 0.338 e. The zero-order valence-corrected chi connectivity index (χ0v) is 11.7. The summed E-state index contributed by atoms with van der Waals surface area (Å²) in [5, 5.41) is 2.56. The highest BCUT2D eigenvalue weighted by Gasteiger charge is 2.09. The van der Waals surface area contributed by atoms with Crippen molar-refractivity contribution in [2.45, 2.75) is 6.92 Å². The molecule has 1 N–H and O–H groups in total. The molecule has 1 amide bonds. The minimum absolute atomic E-state index is 0.310. The van der Waals surface area contributed by atoms with Gasteiger partial charge in [-0.3, -0.25) is 4.79 Å². The number of methoxy groups -OCH3 is 1. The average Bonchev–Trinajstić information content (AvgIpc) is 2.46. The van der Waals surface area contributed by atoms with Crippen LogP contribution in [0.2, 0.25) is 0 Å². The van der Waals surface area contributed by atoms with Gasteiger partial charge in [0.05, 0.1) is 18.8 Å². The quantitative estimate of drug-likeness (QED) is 0.568. The van der Waals surface area contributed by atoms with E-state index in [-0.39, 0.29) is 12.5 Å². The van der Waals surface area contributed by atoms with Crippen molar-refractivity contribution in [3.63, 3.8) is 0 Å². The second kappa shape index (κ2) is 8.92. The minimum atomic E-state index is -0.546. The molecule has 1 rings (SSSR count). The van der Waals surface area contributed by atoms with Gasteiger partial charge in [-0.1, -0.05) is 0 Å². The Balaban J connectivity index is 2.36. The molecule has 6 heteroatoms. The Bertz CT molecular complexity index is 430. The number of hydrogen-bond donors (Lipinski definition) is 1. The zero-order chi connectivity index (χ0) is 14.8. The van der Waals surface area contributed by atoms with Gasteiger partial charge in [0.15, 0.2) is 6.61 Å². The Labute approximate surface area is 118 Å². The lowest BCUT2D eigenvalue weighted by Crippen LogP contribution is -2.31. The Morgan fingerprint density at radius 2 is 1.90 bits per heavy atom. The lowest BCUT2D eigenvalue weighted by Gasteiger charge is -2.07. The SMILES string of the molecule is CCOc1ccc(C(=O)OCC(=O)NCCOC)cc1. The van der Waals surface area contributed by atoms with Crippen LogP contribution in [0.5, 0.6) is 5.75 Å². The average molecular weight is 281 g/mol. The fourth-order valence-corrected chi connectivity index (χ4v) is 1.41. The number of ether oxygens (including phenoxy) is 3. The standard InChI is InChI=1S/C14H19NO5/c1-3-19-12-6-4-11(5-7-12)14(17)20-10-13(16)15-8-9-18-2/h4-7H,3,8-10H2,1-2H3,(H,15,16). The second-order valence-corrected chi connectivity index (χ2v) is 3.88. The van der Waals surface area contributed by atoms with Gasteiger partial charge >= 0.3 is 5.97 Å². The first kappa shape index (κ1) is 16.0. The molecular weight excluding hydrogens is 262 g/mol. The summed E-state index contributed by atoms with van der Waals surface area (Å²) < 4.78 is 14.9. The first-order valence-corrected chi connectivity index (χ1v) is 6.33. The van der Waals surface area contributed by atoms with Gasteiger partial charge in [0, 0.05) is 13.7 Å². The Kier molecular flexibility index (Phi) is 7.13. The molecule has 0 bridgehead atoms. The van der Waals surface area contributed by atoms with Crippen molar-refractivity contribution in [2.24, 2.45) is 0 Å². The van der Waals surface area contributed by atoms with E-state index >= 15 is 0 Å². The maximum absolute atomic E-state index is 11.7. The van der Waals surface area contributed by atoms with E-state index in [0.717, 1.165) is 0 Å². The summed E-state index contributed by atoms with van der Waals surface area (Å²) in [5.74, 6) is -0.224. The molecular formula is C14H19NO5. The highest BCUT2D eigenvalue weighted by atomic mass is 16.5. The fourth-order valence-electron chi connectivity index (χ4n) is 1.41. The molecule has 0 aromatic heterocycles. The van der Waals surface area contributed by atoms with Crippen molar-refractivity contribution < 1.29 is 23.8 Å². The predicted molar refractivity (Wildman–Crippen MR) is 72.8 cm³/mol. The van der Waals surface area contributed by atoms with Crippen molar-refractivity contribution in [1.29, 1.82) is 0 Å². The van der Waals surface area contributed by atoms with Gasteiger partial charge in [-0.05, 0) is 31.2 Å². The molecule has 110 valence electrons. The van der Waals surface area contributed by atoms with Gasteiger partial charge < -0.3 is 19.5 Å². The molecule has 0 aliphatic rings. The van der Waals surface area contributed by atoms with Crippen molar-refractivity contribution in [3.05, 3.63) is 29.8 Å². The highest BCUT2D eigenvalue weighted by Crippen LogP contribution is 2.12. The van der Waals surface area contributed by atoms with Crippen LogP contribution in [0.15, 0.2) is 24.3 Å². The number of benzene rings is 1. The van der Waals surface area contributed by atoms with Gasteiger partial charge in [-0.2, -0.15) is 0 Å². The van der Waals surface area contributed by atoms with Gasteiger partial charge in [0.2, 0.25) is 0 Å². The summed E-state index contributed by atoms with van der Waals surface area (Å²) >= 11 is 0. The van der Waals surface area contributed by atoms with E-state index in [1.807, 2.05) is 6.92 Å². The molecule has 1 aromatic rings. The number of amides is 1. The van der Waals surface area contributed by atoms with Gasteiger partial charge in [-0.25, -0.2) is 4.79 Å². The summed E-state index contributed by atoms with van der Waals surface area (Å²) in [4.78, 5) is 23.0. The molecule has 0 radical (unpaired) electrons. The smallest absolute Gasteiger partial charge is 0.338 e. The predicted octanol–water partition coefficient (Wildman–Crippen LogP) is 1.00. The summed E-state index contributed by atoms with van der Waals surface area (Å²) in [6.07, 6.45) is 0. The Morgan fingerprint density at radius 1 is 1.20 bits per heavy atom. The van der Waals surface area contributed by atoms with Crippen LogP contribution in [0.4, 0.5) is 0 Å². The van der Waals surface area contributed by atoms with E-state index in [0.29, 0.717) is 31.1 Å².